The van der Waals surface area contributed by atoms with E-state index in [1.165, 1.54) is 0 Å². The highest BCUT2D eigenvalue weighted by Crippen LogP contribution is 2.23. The molecule has 1 aliphatic heterocycles. The van der Waals surface area contributed by atoms with Gasteiger partial charge in [-0.1, -0.05) is 29.3 Å². The molecule has 4 nitrogen and oxygen atoms in total. The van der Waals surface area contributed by atoms with Crippen LogP contribution < -0.4 is 0 Å². The number of carboxylic acid groups (broad SMARTS) is 1. The Balaban J connectivity index is 1.71. The van der Waals surface area contributed by atoms with E-state index in [1.54, 1.807) is 6.07 Å². The Morgan fingerprint density at radius 2 is 2.00 bits per heavy atom. The van der Waals surface area contributed by atoms with Crippen molar-refractivity contribution in [3.8, 4) is 0 Å². The normalized spacial score (nSPS) is 17.0. The third-order valence-corrected chi connectivity index (χ3v) is 4.39. The molecule has 2 rings (SSSR count). The van der Waals surface area contributed by atoms with Gasteiger partial charge in [-0.25, -0.2) is 0 Å². The summed E-state index contributed by atoms with van der Waals surface area (Å²) in [5.41, 5.74) is 1.01. The van der Waals surface area contributed by atoms with Gasteiger partial charge in [0.1, 0.15) is 0 Å². The lowest BCUT2D eigenvalue weighted by Gasteiger charge is -2.31. The Hall–Kier alpha value is -0.810. The molecule has 116 valence electrons. The minimum absolute atomic E-state index is 0.203. The summed E-state index contributed by atoms with van der Waals surface area (Å²) in [6.45, 7) is 2.92. The van der Waals surface area contributed by atoms with E-state index in [1.807, 2.05) is 12.1 Å². The summed E-state index contributed by atoms with van der Waals surface area (Å²) in [6, 6.07) is 5.51. The number of halogens is 2. The quantitative estimate of drug-likeness (QED) is 0.867. The van der Waals surface area contributed by atoms with Crippen LogP contribution >= 0.6 is 23.2 Å². The van der Waals surface area contributed by atoms with Crippen LogP contribution in [0.4, 0.5) is 0 Å². The minimum atomic E-state index is -0.743. The summed E-state index contributed by atoms with van der Waals surface area (Å²) in [5.74, 6) is -0.743. The lowest BCUT2D eigenvalue weighted by molar-refractivity contribution is -0.137. The molecule has 1 saturated heterocycles. The second-order valence-electron chi connectivity index (χ2n) is 5.24. The first kappa shape index (κ1) is 16.6. The van der Waals surface area contributed by atoms with Crippen molar-refractivity contribution >= 4 is 29.2 Å². The Labute approximate surface area is 134 Å². The van der Waals surface area contributed by atoms with Gasteiger partial charge in [-0.2, -0.15) is 0 Å². The number of piperidine rings is 1. The van der Waals surface area contributed by atoms with Gasteiger partial charge in [0.2, 0.25) is 0 Å². The molecule has 1 N–H and O–H groups in total. The highest BCUT2D eigenvalue weighted by molar-refractivity contribution is 6.42. The number of ether oxygens (including phenoxy) is 1. The van der Waals surface area contributed by atoms with Crippen molar-refractivity contribution < 1.29 is 14.6 Å². The van der Waals surface area contributed by atoms with Gasteiger partial charge in [0.15, 0.2) is 0 Å². The first-order valence-electron chi connectivity index (χ1n) is 7.04. The van der Waals surface area contributed by atoms with Crippen LogP contribution in [-0.4, -0.2) is 41.7 Å². The van der Waals surface area contributed by atoms with Crippen LogP contribution in [0.1, 0.15) is 24.8 Å². The lowest BCUT2D eigenvalue weighted by atomic mass is 10.1. The highest BCUT2D eigenvalue weighted by atomic mass is 35.5. The molecular formula is C15H19Cl2NO3. The molecule has 0 aliphatic carbocycles. The number of carbonyl (C=O) groups is 1. The number of likely N-dealkylation sites (tertiary alicyclic amines) is 1. The average Bonchev–Trinajstić information content (AvgIpc) is 2.47. The van der Waals surface area contributed by atoms with E-state index in [0.717, 1.165) is 31.5 Å². The molecule has 1 fully saturated rings. The molecule has 21 heavy (non-hydrogen) atoms. The number of hydrogen-bond acceptors (Lipinski definition) is 3. The summed E-state index contributed by atoms with van der Waals surface area (Å²) in [5, 5.41) is 9.77. The molecular weight excluding hydrogens is 313 g/mol. The third-order valence-electron chi connectivity index (χ3n) is 3.65. The summed E-state index contributed by atoms with van der Waals surface area (Å²) in [6.07, 6.45) is 2.29. The molecule has 1 aromatic carbocycles. The summed E-state index contributed by atoms with van der Waals surface area (Å²) in [4.78, 5) is 12.7. The predicted octanol–water partition coefficient (Wildman–Crippen LogP) is 3.45. The van der Waals surface area contributed by atoms with Crippen LogP contribution in [0.15, 0.2) is 18.2 Å². The van der Waals surface area contributed by atoms with E-state index in [9.17, 15) is 4.79 Å². The fourth-order valence-electron chi connectivity index (χ4n) is 2.40. The molecule has 0 saturated carbocycles. The van der Waals surface area contributed by atoms with E-state index >= 15 is 0 Å². The summed E-state index contributed by atoms with van der Waals surface area (Å²) in [7, 11) is 0. The van der Waals surface area contributed by atoms with Crippen LogP contribution in [0.3, 0.4) is 0 Å². The van der Waals surface area contributed by atoms with Crippen LogP contribution in [0.2, 0.25) is 10.0 Å². The van der Waals surface area contributed by atoms with Gasteiger partial charge in [0, 0.05) is 19.6 Å². The van der Waals surface area contributed by atoms with Crippen LogP contribution in [0.25, 0.3) is 0 Å². The Morgan fingerprint density at radius 3 is 2.62 bits per heavy atom. The number of rotatable bonds is 6. The molecule has 0 aromatic heterocycles. The van der Waals surface area contributed by atoms with Crippen LogP contribution in [0.5, 0.6) is 0 Å². The smallest absolute Gasteiger partial charge is 0.304 e. The fourth-order valence-corrected chi connectivity index (χ4v) is 2.72. The maximum Gasteiger partial charge on any atom is 0.304 e. The van der Waals surface area contributed by atoms with Gasteiger partial charge in [-0.15, -0.1) is 0 Å². The van der Waals surface area contributed by atoms with Crippen LogP contribution in [0, 0.1) is 0 Å². The molecule has 1 aliphatic rings. The van der Waals surface area contributed by atoms with Crippen molar-refractivity contribution in [3.05, 3.63) is 33.8 Å². The number of hydrogen-bond donors (Lipinski definition) is 1. The molecule has 1 heterocycles. The second kappa shape index (κ2) is 7.99. The van der Waals surface area contributed by atoms with E-state index < -0.39 is 5.97 Å². The Kier molecular flexibility index (Phi) is 6.30. The number of benzene rings is 1. The van der Waals surface area contributed by atoms with E-state index in [4.69, 9.17) is 33.0 Å². The van der Waals surface area contributed by atoms with Crippen molar-refractivity contribution in [1.82, 2.24) is 4.90 Å². The van der Waals surface area contributed by atoms with Crippen molar-refractivity contribution in [3.63, 3.8) is 0 Å². The molecule has 0 spiro atoms. The number of aliphatic carboxylic acids is 1. The van der Waals surface area contributed by atoms with Crippen molar-refractivity contribution in [1.29, 1.82) is 0 Å². The van der Waals surface area contributed by atoms with Gasteiger partial charge in [-0.05, 0) is 30.5 Å². The van der Waals surface area contributed by atoms with Crippen molar-refractivity contribution in [2.45, 2.75) is 32.0 Å². The van der Waals surface area contributed by atoms with E-state index in [2.05, 4.69) is 4.90 Å². The lowest BCUT2D eigenvalue weighted by Crippen LogP contribution is -2.38. The maximum atomic E-state index is 10.5. The Bertz CT molecular complexity index is 488. The van der Waals surface area contributed by atoms with E-state index in [0.29, 0.717) is 23.2 Å². The van der Waals surface area contributed by atoms with Gasteiger partial charge < -0.3 is 14.7 Å². The second-order valence-corrected chi connectivity index (χ2v) is 6.06. The minimum Gasteiger partial charge on any atom is -0.481 e. The molecule has 0 radical (unpaired) electrons. The van der Waals surface area contributed by atoms with Gasteiger partial charge in [-0.3, -0.25) is 4.79 Å². The zero-order valence-corrected chi connectivity index (χ0v) is 13.2. The monoisotopic (exact) mass is 331 g/mol. The third kappa shape index (κ3) is 5.47. The van der Waals surface area contributed by atoms with Crippen molar-refractivity contribution in [2.24, 2.45) is 0 Å². The summed E-state index contributed by atoms with van der Waals surface area (Å²) >= 11 is 11.9. The maximum absolute atomic E-state index is 10.5. The molecule has 1 aromatic rings. The van der Waals surface area contributed by atoms with E-state index in [-0.39, 0.29) is 12.5 Å². The fraction of sp³-hybridized carbons (Fsp3) is 0.533. The van der Waals surface area contributed by atoms with Gasteiger partial charge >= 0.3 is 5.97 Å². The average molecular weight is 332 g/mol. The van der Waals surface area contributed by atoms with Gasteiger partial charge in [0.25, 0.3) is 0 Å². The highest BCUT2D eigenvalue weighted by Gasteiger charge is 2.20. The molecule has 0 atom stereocenters. The topological polar surface area (TPSA) is 49.8 Å². The SMILES string of the molecule is O=C(O)CCN1CCC(OCc2ccc(Cl)c(Cl)c2)CC1. The Morgan fingerprint density at radius 1 is 1.29 bits per heavy atom. The molecule has 0 amide bonds. The number of carboxylic acids is 1. The largest absolute Gasteiger partial charge is 0.481 e. The van der Waals surface area contributed by atoms with Gasteiger partial charge in [0.05, 0.1) is 29.2 Å². The molecule has 0 bridgehead atoms. The predicted molar refractivity (Wildman–Crippen MR) is 83.0 cm³/mol. The molecule has 6 heteroatoms. The van der Waals surface area contributed by atoms with Crippen LogP contribution in [-0.2, 0) is 16.1 Å². The first-order chi connectivity index (χ1) is 10.0. The first-order valence-corrected chi connectivity index (χ1v) is 7.80. The van der Waals surface area contributed by atoms with Crippen molar-refractivity contribution in [2.75, 3.05) is 19.6 Å². The molecule has 0 unspecified atom stereocenters. The zero-order chi connectivity index (χ0) is 15.2. The summed E-state index contributed by atoms with van der Waals surface area (Å²) < 4.78 is 5.89. The standard InChI is InChI=1S/C15H19Cl2NO3/c16-13-2-1-11(9-14(13)17)10-21-12-3-6-18(7-4-12)8-5-15(19)20/h1-2,9,12H,3-8,10H2,(H,19,20). The zero-order valence-electron chi connectivity index (χ0n) is 11.7. The number of nitrogens with zero attached hydrogens (tertiary/aromatic N) is 1.